The highest BCUT2D eigenvalue weighted by molar-refractivity contribution is 5.75. The van der Waals surface area contributed by atoms with Crippen LogP contribution in [-0.4, -0.2) is 42.5 Å². The van der Waals surface area contributed by atoms with Crippen LogP contribution in [0.2, 0.25) is 0 Å². The predicted octanol–water partition coefficient (Wildman–Crippen LogP) is 0.319. The van der Waals surface area contributed by atoms with E-state index in [-0.39, 0.29) is 0 Å². The molecule has 1 N–H and O–H groups in total. The van der Waals surface area contributed by atoms with Crippen molar-refractivity contribution in [2.24, 2.45) is 0 Å². The van der Waals surface area contributed by atoms with Crippen molar-refractivity contribution in [1.29, 1.82) is 0 Å². The Hall–Kier alpha value is -0.820. The molecule has 4 nitrogen and oxygen atoms in total. The summed E-state index contributed by atoms with van der Waals surface area (Å²) < 4.78 is 35.1. The van der Waals surface area contributed by atoms with Crippen LogP contribution in [0.25, 0.3) is 0 Å². The number of aliphatic hydroxyl groups is 1. The van der Waals surface area contributed by atoms with Gasteiger partial charge in [-0.3, -0.25) is 9.63 Å². The molecule has 0 spiro atoms. The lowest BCUT2D eigenvalue weighted by molar-refractivity contribution is -0.213. The molecule has 0 aliphatic carbocycles. The summed E-state index contributed by atoms with van der Waals surface area (Å²) >= 11 is 0. The van der Waals surface area contributed by atoms with E-state index in [1.165, 1.54) is 0 Å². The molecule has 0 fully saturated rings. The van der Waals surface area contributed by atoms with E-state index in [0.29, 0.717) is 5.06 Å². The highest BCUT2D eigenvalue weighted by Gasteiger charge is 2.39. The number of amides is 1. The molecule has 1 amide bonds. The molecule has 0 aromatic carbocycles. The van der Waals surface area contributed by atoms with Crippen LogP contribution in [0.1, 0.15) is 6.42 Å². The van der Waals surface area contributed by atoms with E-state index in [0.717, 1.165) is 14.2 Å². The minimum absolute atomic E-state index is 0.620. The summed E-state index contributed by atoms with van der Waals surface area (Å²) in [6.45, 7) is 0. The first-order valence-corrected chi connectivity index (χ1v) is 3.34. The summed E-state index contributed by atoms with van der Waals surface area (Å²) in [7, 11) is 2.29. The van der Waals surface area contributed by atoms with Gasteiger partial charge >= 0.3 is 6.18 Å². The van der Waals surface area contributed by atoms with Crippen LogP contribution in [-0.2, 0) is 9.63 Å². The molecule has 13 heavy (non-hydrogen) atoms. The molecule has 0 saturated carbocycles. The van der Waals surface area contributed by atoms with Gasteiger partial charge in [0, 0.05) is 7.05 Å². The number of halogens is 3. The van der Waals surface area contributed by atoms with Crippen molar-refractivity contribution in [3.05, 3.63) is 0 Å². The third-order valence-corrected chi connectivity index (χ3v) is 1.37. The molecule has 0 rings (SSSR count). The Bertz CT molecular complexity index is 182. The topological polar surface area (TPSA) is 49.8 Å². The van der Waals surface area contributed by atoms with E-state index in [1.807, 2.05) is 0 Å². The number of aliphatic hydroxyl groups excluding tert-OH is 1. The van der Waals surface area contributed by atoms with Gasteiger partial charge in [-0.15, -0.1) is 0 Å². The van der Waals surface area contributed by atoms with Crippen LogP contribution in [0, 0.1) is 0 Å². The van der Waals surface area contributed by atoms with E-state index < -0.39 is 24.6 Å². The number of carbonyl (C=O) groups excluding carboxylic acids is 1. The lowest BCUT2D eigenvalue weighted by Gasteiger charge is -2.17. The summed E-state index contributed by atoms with van der Waals surface area (Å²) in [4.78, 5) is 15.1. The van der Waals surface area contributed by atoms with Gasteiger partial charge in [0.25, 0.3) is 0 Å². The van der Waals surface area contributed by atoms with Gasteiger partial charge in [-0.05, 0) is 0 Å². The Balaban J connectivity index is 4.07. The highest BCUT2D eigenvalue weighted by atomic mass is 19.4. The van der Waals surface area contributed by atoms with Crippen LogP contribution in [0.3, 0.4) is 0 Å². The molecule has 0 radical (unpaired) electrons. The van der Waals surface area contributed by atoms with E-state index >= 15 is 0 Å². The van der Waals surface area contributed by atoms with Gasteiger partial charge in [0.05, 0.1) is 13.5 Å². The Kier molecular flexibility index (Phi) is 4.15. The highest BCUT2D eigenvalue weighted by Crippen LogP contribution is 2.22. The Morgan fingerprint density at radius 2 is 2.08 bits per heavy atom. The maximum absolute atomic E-state index is 11.7. The fourth-order valence-corrected chi connectivity index (χ4v) is 0.512. The van der Waals surface area contributed by atoms with Gasteiger partial charge in [0.2, 0.25) is 5.91 Å². The predicted molar refractivity (Wildman–Crippen MR) is 36.5 cm³/mol. The maximum atomic E-state index is 11.7. The van der Waals surface area contributed by atoms with E-state index in [4.69, 9.17) is 5.11 Å². The van der Waals surface area contributed by atoms with Gasteiger partial charge < -0.3 is 5.11 Å². The zero-order valence-corrected chi connectivity index (χ0v) is 7.13. The van der Waals surface area contributed by atoms with Crippen molar-refractivity contribution in [1.82, 2.24) is 5.06 Å². The molecule has 0 aromatic heterocycles. The standard InChI is InChI=1S/C6H10F3NO3/c1-10(13-2)5(12)3-4(11)6(7,8)9/h4,11H,3H2,1-2H3. The fourth-order valence-electron chi connectivity index (χ4n) is 0.512. The van der Waals surface area contributed by atoms with Crippen LogP contribution in [0.15, 0.2) is 0 Å². The second-order valence-corrected chi connectivity index (χ2v) is 2.34. The largest absolute Gasteiger partial charge is 0.414 e. The van der Waals surface area contributed by atoms with Crippen LogP contribution in [0.5, 0.6) is 0 Å². The van der Waals surface area contributed by atoms with Gasteiger partial charge in [0.15, 0.2) is 6.10 Å². The number of carbonyl (C=O) groups is 1. The number of hydroxylamine groups is 2. The molecule has 78 valence electrons. The van der Waals surface area contributed by atoms with Crippen LogP contribution in [0.4, 0.5) is 13.2 Å². The Morgan fingerprint density at radius 3 is 2.38 bits per heavy atom. The van der Waals surface area contributed by atoms with Gasteiger partial charge in [-0.2, -0.15) is 13.2 Å². The smallest absolute Gasteiger partial charge is 0.383 e. The molecule has 0 aliphatic heterocycles. The first-order chi connectivity index (χ1) is 5.79. The maximum Gasteiger partial charge on any atom is 0.414 e. The Morgan fingerprint density at radius 1 is 1.62 bits per heavy atom. The number of nitrogens with zero attached hydrogens (tertiary/aromatic N) is 1. The van der Waals surface area contributed by atoms with Crippen molar-refractivity contribution >= 4 is 5.91 Å². The number of hydrogen-bond donors (Lipinski definition) is 1. The van der Waals surface area contributed by atoms with Crippen molar-refractivity contribution in [3.8, 4) is 0 Å². The number of rotatable bonds is 3. The summed E-state index contributed by atoms with van der Waals surface area (Å²) in [5.74, 6) is -0.938. The molecule has 0 heterocycles. The van der Waals surface area contributed by atoms with Crippen molar-refractivity contribution in [3.63, 3.8) is 0 Å². The SMILES string of the molecule is CON(C)C(=O)CC(O)C(F)(F)F. The molecule has 0 saturated heterocycles. The first-order valence-electron chi connectivity index (χ1n) is 3.34. The summed E-state index contributed by atoms with van der Waals surface area (Å²) in [5, 5.41) is 9.09. The molecule has 7 heteroatoms. The second kappa shape index (κ2) is 4.43. The lowest BCUT2D eigenvalue weighted by atomic mass is 10.2. The van der Waals surface area contributed by atoms with Gasteiger partial charge in [-0.1, -0.05) is 0 Å². The molecule has 0 aliphatic rings. The lowest BCUT2D eigenvalue weighted by Crippen LogP contribution is -2.36. The molecule has 1 atom stereocenters. The molecular formula is C6H10F3NO3. The molecule has 0 aromatic rings. The minimum atomic E-state index is -4.77. The van der Waals surface area contributed by atoms with Crippen LogP contribution >= 0.6 is 0 Å². The van der Waals surface area contributed by atoms with Crippen LogP contribution < -0.4 is 0 Å². The second-order valence-electron chi connectivity index (χ2n) is 2.34. The first kappa shape index (κ1) is 12.2. The van der Waals surface area contributed by atoms with E-state index in [9.17, 15) is 18.0 Å². The van der Waals surface area contributed by atoms with Gasteiger partial charge in [-0.25, -0.2) is 5.06 Å². The summed E-state index contributed by atoms with van der Waals surface area (Å²) in [6.07, 6.45) is -8.45. The van der Waals surface area contributed by atoms with E-state index in [2.05, 4.69) is 4.84 Å². The van der Waals surface area contributed by atoms with E-state index in [1.54, 1.807) is 0 Å². The normalized spacial score (nSPS) is 14.0. The quantitative estimate of drug-likeness (QED) is 0.669. The average molecular weight is 201 g/mol. The van der Waals surface area contributed by atoms with Gasteiger partial charge in [0.1, 0.15) is 0 Å². The van der Waals surface area contributed by atoms with Crippen molar-refractivity contribution < 1.29 is 27.9 Å². The third kappa shape index (κ3) is 4.09. The minimum Gasteiger partial charge on any atom is -0.383 e. The zero-order chi connectivity index (χ0) is 10.6. The molecular weight excluding hydrogens is 191 g/mol. The molecule has 0 bridgehead atoms. The zero-order valence-electron chi connectivity index (χ0n) is 7.13. The van der Waals surface area contributed by atoms with Crippen molar-refractivity contribution in [2.75, 3.05) is 14.2 Å². The summed E-state index contributed by atoms with van der Waals surface area (Å²) in [6, 6.07) is 0. The monoisotopic (exact) mass is 201 g/mol. The Labute approximate surface area is 72.8 Å². The summed E-state index contributed by atoms with van der Waals surface area (Å²) in [5.41, 5.74) is 0. The fraction of sp³-hybridized carbons (Fsp3) is 0.833. The molecule has 1 unspecified atom stereocenters. The van der Waals surface area contributed by atoms with Crippen molar-refractivity contribution in [2.45, 2.75) is 18.7 Å². The number of alkyl halides is 3. The average Bonchev–Trinajstić information content (AvgIpc) is 2.01. The number of hydrogen-bond acceptors (Lipinski definition) is 3. The third-order valence-electron chi connectivity index (χ3n) is 1.37.